The van der Waals surface area contributed by atoms with Gasteiger partial charge in [-0.1, -0.05) is 6.07 Å². The highest BCUT2D eigenvalue weighted by Gasteiger charge is 2.23. The molecule has 2 aromatic rings. The summed E-state index contributed by atoms with van der Waals surface area (Å²) in [6, 6.07) is 9.01. The number of ketones is 1. The summed E-state index contributed by atoms with van der Waals surface area (Å²) in [6.07, 6.45) is 3.17. The van der Waals surface area contributed by atoms with Crippen LogP contribution in [0.25, 0.3) is 0 Å². The maximum atomic E-state index is 12.1. The molecule has 2 heterocycles. The summed E-state index contributed by atoms with van der Waals surface area (Å²) in [5.41, 5.74) is 0.629. The first-order valence-corrected chi connectivity index (χ1v) is 6.42. The van der Waals surface area contributed by atoms with Crippen molar-refractivity contribution in [2.24, 2.45) is 0 Å². The first-order valence-electron chi connectivity index (χ1n) is 4.81. The molecule has 1 atom stereocenters. The zero-order valence-electron chi connectivity index (χ0n) is 8.63. The fourth-order valence-corrected chi connectivity index (χ4v) is 2.78. The van der Waals surface area contributed by atoms with E-state index in [1.54, 1.807) is 36.7 Å². The van der Waals surface area contributed by atoms with Crippen LogP contribution in [-0.2, 0) is 0 Å². The number of hydrogen-bond donors (Lipinski definition) is 0. The van der Waals surface area contributed by atoms with Gasteiger partial charge < -0.3 is 0 Å². The van der Waals surface area contributed by atoms with Gasteiger partial charge >= 0.3 is 0 Å². The van der Waals surface area contributed by atoms with Crippen LogP contribution in [0.1, 0.15) is 21.2 Å². The van der Waals surface area contributed by atoms with Gasteiger partial charge in [0.05, 0.1) is 14.7 Å². The van der Waals surface area contributed by atoms with E-state index in [4.69, 9.17) is 5.26 Å². The first kappa shape index (κ1) is 12.0. The molecule has 0 N–H and O–H groups in total. The average molecular weight is 307 g/mol. The number of carbonyl (C=O) groups is 1. The van der Waals surface area contributed by atoms with Crippen LogP contribution < -0.4 is 0 Å². The quantitative estimate of drug-likeness (QED) is 0.817. The summed E-state index contributed by atoms with van der Waals surface area (Å²) < 4.78 is 0.878. The van der Waals surface area contributed by atoms with E-state index in [0.717, 1.165) is 3.79 Å². The summed E-state index contributed by atoms with van der Waals surface area (Å²) in [6.45, 7) is 0. The summed E-state index contributed by atoms with van der Waals surface area (Å²) >= 11 is 4.63. The monoisotopic (exact) mass is 306 g/mol. The Labute approximate surface area is 111 Å². The van der Waals surface area contributed by atoms with Crippen LogP contribution in [0.5, 0.6) is 0 Å². The van der Waals surface area contributed by atoms with E-state index in [2.05, 4.69) is 20.9 Å². The van der Waals surface area contributed by atoms with E-state index in [1.165, 1.54) is 11.3 Å². The second-order valence-electron chi connectivity index (χ2n) is 3.32. The van der Waals surface area contributed by atoms with Gasteiger partial charge in [-0.25, -0.2) is 0 Å². The van der Waals surface area contributed by atoms with Crippen LogP contribution in [0, 0.1) is 11.3 Å². The Bertz CT molecular complexity index is 574. The lowest BCUT2D eigenvalue weighted by Gasteiger charge is -2.05. The zero-order chi connectivity index (χ0) is 12.3. The van der Waals surface area contributed by atoms with Gasteiger partial charge in [-0.2, -0.15) is 5.26 Å². The molecule has 1 unspecified atom stereocenters. The van der Waals surface area contributed by atoms with Gasteiger partial charge in [-0.05, 0) is 39.7 Å². The molecule has 0 aliphatic rings. The zero-order valence-corrected chi connectivity index (χ0v) is 11.0. The Hall–Kier alpha value is -1.51. The van der Waals surface area contributed by atoms with Gasteiger partial charge in [-0.3, -0.25) is 9.78 Å². The molecule has 0 aliphatic heterocycles. The summed E-state index contributed by atoms with van der Waals surface area (Å²) in [5, 5.41) is 9.11. The molecule has 0 bridgehead atoms. The number of rotatable bonds is 3. The molecule has 0 saturated carbocycles. The Morgan fingerprint density at radius 3 is 2.82 bits per heavy atom. The van der Waals surface area contributed by atoms with Gasteiger partial charge in [0.1, 0.15) is 5.92 Å². The average Bonchev–Trinajstić information content (AvgIpc) is 2.78. The number of nitrogens with zero attached hydrogens (tertiary/aromatic N) is 2. The number of aromatic nitrogens is 1. The smallest absolute Gasteiger partial charge is 0.194 e. The van der Waals surface area contributed by atoms with E-state index in [1.807, 2.05) is 6.07 Å². The van der Waals surface area contributed by atoms with Gasteiger partial charge in [0.2, 0.25) is 0 Å². The third kappa shape index (κ3) is 2.60. The van der Waals surface area contributed by atoms with Crippen molar-refractivity contribution in [1.29, 1.82) is 5.26 Å². The molecular formula is C12H7BrN2OS. The molecule has 0 radical (unpaired) electrons. The maximum absolute atomic E-state index is 12.1. The van der Waals surface area contributed by atoms with E-state index in [-0.39, 0.29) is 5.78 Å². The number of pyridine rings is 1. The van der Waals surface area contributed by atoms with Crippen LogP contribution in [-0.4, -0.2) is 10.8 Å². The van der Waals surface area contributed by atoms with Crippen molar-refractivity contribution >= 4 is 33.0 Å². The molecule has 0 aliphatic carbocycles. The van der Waals surface area contributed by atoms with Crippen molar-refractivity contribution in [3.05, 3.63) is 50.9 Å². The molecule has 0 spiro atoms. The Morgan fingerprint density at radius 1 is 1.47 bits per heavy atom. The fraction of sp³-hybridized carbons (Fsp3) is 0.0833. The highest BCUT2D eigenvalue weighted by molar-refractivity contribution is 9.11. The Balaban J connectivity index is 2.32. The van der Waals surface area contributed by atoms with Crippen LogP contribution >= 0.6 is 27.3 Å². The minimum absolute atomic E-state index is 0.184. The third-order valence-electron chi connectivity index (χ3n) is 2.23. The summed E-state index contributed by atoms with van der Waals surface area (Å²) in [5.74, 6) is -0.967. The van der Waals surface area contributed by atoms with E-state index in [0.29, 0.717) is 10.4 Å². The van der Waals surface area contributed by atoms with Gasteiger partial charge in [0.15, 0.2) is 5.78 Å². The Kier molecular flexibility index (Phi) is 3.67. The predicted octanol–water partition coefficient (Wildman–Crippen LogP) is 3.40. The van der Waals surface area contributed by atoms with Crippen molar-refractivity contribution in [1.82, 2.24) is 4.98 Å². The molecule has 2 aromatic heterocycles. The number of nitriles is 1. The molecule has 17 heavy (non-hydrogen) atoms. The number of Topliss-reactive ketones (excluding diaryl/α,β-unsaturated/α-hetero) is 1. The van der Waals surface area contributed by atoms with Gasteiger partial charge in [0.25, 0.3) is 0 Å². The minimum Gasteiger partial charge on any atom is -0.291 e. The standard InChI is InChI=1S/C12H7BrN2OS/c13-11-4-3-10(17-11)12(16)9(6-14)8-2-1-5-15-7-8/h1-5,7,9H. The highest BCUT2D eigenvalue weighted by atomic mass is 79.9. The van der Waals surface area contributed by atoms with Crippen molar-refractivity contribution in [2.45, 2.75) is 5.92 Å². The van der Waals surface area contributed by atoms with Crippen LogP contribution in [0.4, 0.5) is 0 Å². The number of carbonyl (C=O) groups excluding carboxylic acids is 1. The molecule has 0 aromatic carbocycles. The lowest BCUT2D eigenvalue weighted by molar-refractivity contribution is 0.0982. The third-order valence-corrected chi connectivity index (χ3v) is 3.86. The second kappa shape index (κ2) is 5.21. The fourth-order valence-electron chi connectivity index (χ4n) is 1.42. The molecule has 0 amide bonds. The lowest BCUT2D eigenvalue weighted by Crippen LogP contribution is -2.09. The van der Waals surface area contributed by atoms with Crippen molar-refractivity contribution in [3.8, 4) is 6.07 Å². The largest absolute Gasteiger partial charge is 0.291 e. The number of thiophene rings is 1. The molecule has 0 saturated heterocycles. The summed E-state index contributed by atoms with van der Waals surface area (Å²) in [7, 11) is 0. The maximum Gasteiger partial charge on any atom is 0.194 e. The van der Waals surface area contributed by atoms with Crippen molar-refractivity contribution in [3.63, 3.8) is 0 Å². The summed E-state index contributed by atoms with van der Waals surface area (Å²) in [4.78, 5) is 16.6. The molecule has 3 nitrogen and oxygen atoms in total. The molecule has 5 heteroatoms. The normalized spacial score (nSPS) is 11.8. The van der Waals surface area contributed by atoms with Crippen LogP contribution in [0.3, 0.4) is 0 Å². The minimum atomic E-state index is -0.783. The number of hydrogen-bond acceptors (Lipinski definition) is 4. The van der Waals surface area contributed by atoms with Crippen LogP contribution in [0.2, 0.25) is 0 Å². The number of halogens is 1. The molecule has 0 fully saturated rings. The first-order chi connectivity index (χ1) is 8.22. The van der Waals surface area contributed by atoms with Crippen molar-refractivity contribution in [2.75, 3.05) is 0 Å². The lowest BCUT2D eigenvalue weighted by atomic mass is 9.97. The van der Waals surface area contributed by atoms with E-state index >= 15 is 0 Å². The highest BCUT2D eigenvalue weighted by Crippen LogP contribution is 2.27. The van der Waals surface area contributed by atoms with Crippen LogP contribution in [0.15, 0.2) is 40.4 Å². The Morgan fingerprint density at radius 2 is 2.29 bits per heavy atom. The topological polar surface area (TPSA) is 53.8 Å². The molecule has 84 valence electrons. The van der Waals surface area contributed by atoms with E-state index in [9.17, 15) is 4.79 Å². The molecular weight excluding hydrogens is 300 g/mol. The van der Waals surface area contributed by atoms with Gasteiger partial charge in [-0.15, -0.1) is 11.3 Å². The SMILES string of the molecule is N#CC(C(=O)c1ccc(Br)s1)c1cccnc1. The molecule has 2 rings (SSSR count). The predicted molar refractivity (Wildman–Crippen MR) is 68.9 cm³/mol. The second-order valence-corrected chi connectivity index (χ2v) is 5.78. The van der Waals surface area contributed by atoms with E-state index < -0.39 is 5.92 Å². The van der Waals surface area contributed by atoms with Crippen molar-refractivity contribution < 1.29 is 4.79 Å². The van der Waals surface area contributed by atoms with Gasteiger partial charge in [0, 0.05) is 12.4 Å².